The maximum atomic E-state index is 13.6. The summed E-state index contributed by atoms with van der Waals surface area (Å²) in [4.78, 5) is 44.2. The number of carbonyl (C=O) groups excluding carboxylic acids is 2. The number of ketones is 1. The van der Waals surface area contributed by atoms with E-state index in [9.17, 15) is 9.59 Å². The van der Waals surface area contributed by atoms with Crippen LogP contribution in [-0.2, 0) is 27.1 Å². The molecule has 5 unspecified atom stereocenters. The highest BCUT2D eigenvalue weighted by Crippen LogP contribution is 2.46. The number of esters is 1. The van der Waals surface area contributed by atoms with E-state index in [-0.39, 0.29) is 47.6 Å². The first-order chi connectivity index (χ1) is 23.0. The van der Waals surface area contributed by atoms with E-state index in [4.69, 9.17) is 19.5 Å². The Morgan fingerprint density at radius 2 is 1.83 bits per heavy atom. The van der Waals surface area contributed by atoms with Gasteiger partial charge in [-0.25, -0.2) is 0 Å². The van der Waals surface area contributed by atoms with Crippen molar-refractivity contribution in [2.24, 2.45) is 27.7 Å². The van der Waals surface area contributed by atoms with Gasteiger partial charge in [0, 0.05) is 106 Å². The van der Waals surface area contributed by atoms with Crippen LogP contribution in [0.5, 0.6) is 0 Å². The zero-order chi connectivity index (χ0) is 34.4. The third kappa shape index (κ3) is 6.10. The third-order valence-electron chi connectivity index (χ3n) is 11.6. The molecular weight excluding hydrogens is 600 g/mol. The van der Waals surface area contributed by atoms with Crippen LogP contribution in [0.4, 0.5) is 0 Å². The standard InChI is InChI=1S/C40H54N4O4/c1-10-12-13-20(3)48-25(8)37-23(6)31-17-30-22(5)27(14-15-36(46)47-9)39(43-30)28-16-35(45)38-24(7)32(44-40(28)38)18-33-26(11-2)21(4)29(41-33)19-34(37)42-31/h17,20,22,25-28,42,44H,10-16,18-19H2,1-9H3/t20?,22?,25?,26?,27-,28?/m0/s1. The Kier molecular flexibility index (Phi) is 9.85. The Hall–Kier alpha value is -3.52. The molecule has 1 aliphatic carbocycles. The first-order valence-corrected chi connectivity index (χ1v) is 18.2. The first-order valence-electron chi connectivity index (χ1n) is 18.2. The summed E-state index contributed by atoms with van der Waals surface area (Å²) in [5.41, 5.74) is 14.1. The summed E-state index contributed by atoms with van der Waals surface area (Å²) >= 11 is 0. The van der Waals surface area contributed by atoms with Gasteiger partial charge in [-0.1, -0.05) is 33.6 Å². The Morgan fingerprint density at radius 3 is 2.54 bits per heavy atom. The van der Waals surface area contributed by atoms with Crippen molar-refractivity contribution in [1.29, 1.82) is 0 Å². The number of fused-ring (bicyclic) bond motifs is 6. The maximum absolute atomic E-state index is 13.6. The molecule has 0 spiro atoms. The molecule has 8 heteroatoms. The van der Waals surface area contributed by atoms with Gasteiger partial charge in [0.15, 0.2) is 5.78 Å². The molecule has 6 rings (SSSR count). The van der Waals surface area contributed by atoms with Crippen molar-refractivity contribution in [1.82, 2.24) is 9.97 Å². The smallest absolute Gasteiger partial charge is 0.305 e. The Labute approximate surface area is 286 Å². The second-order valence-electron chi connectivity index (χ2n) is 14.6. The van der Waals surface area contributed by atoms with E-state index in [1.165, 1.54) is 23.8 Å². The number of unbranched alkanes of at least 4 members (excludes halogenated alkanes) is 1. The van der Waals surface area contributed by atoms with Gasteiger partial charge in [-0.2, -0.15) is 0 Å². The predicted octanol–water partition coefficient (Wildman–Crippen LogP) is 8.84. The molecule has 3 aliphatic heterocycles. The van der Waals surface area contributed by atoms with E-state index in [0.717, 1.165) is 82.4 Å². The maximum Gasteiger partial charge on any atom is 0.305 e. The molecule has 2 N–H and O–H groups in total. The summed E-state index contributed by atoms with van der Waals surface area (Å²) in [6.07, 6.45) is 9.34. The first kappa shape index (κ1) is 34.3. The lowest BCUT2D eigenvalue weighted by molar-refractivity contribution is -0.140. The number of hydrogen-bond donors (Lipinski definition) is 2. The Morgan fingerprint density at radius 1 is 1.06 bits per heavy atom. The molecular formula is C40H54N4O4. The summed E-state index contributed by atoms with van der Waals surface area (Å²) in [6.45, 7) is 17.5. The number of allylic oxidation sites excluding steroid dienone is 3. The fourth-order valence-electron chi connectivity index (χ4n) is 8.86. The highest BCUT2D eigenvalue weighted by Gasteiger charge is 2.44. The van der Waals surface area contributed by atoms with Crippen LogP contribution in [0.1, 0.15) is 148 Å². The van der Waals surface area contributed by atoms with Crippen molar-refractivity contribution >= 4 is 29.3 Å². The molecule has 258 valence electrons. The molecule has 0 amide bonds. The predicted molar refractivity (Wildman–Crippen MR) is 192 cm³/mol. The number of ether oxygens (including phenoxy) is 2. The van der Waals surface area contributed by atoms with E-state index < -0.39 is 0 Å². The van der Waals surface area contributed by atoms with E-state index in [2.05, 4.69) is 71.4 Å². The van der Waals surface area contributed by atoms with E-state index in [1.54, 1.807) is 0 Å². The number of rotatable bonds is 10. The second-order valence-corrected chi connectivity index (χ2v) is 14.6. The number of nitrogens with zero attached hydrogens (tertiary/aromatic N) is 2. The lowest BCUT2D eigenvalue weighted by atomic mass is 9.81. The minimum absolute atomic E-state index is 0.0235. The van der Waals surface area contributed by atoms with Gasteiger partial charge in [0.05, 0.1) is 19.3 Å². The quantitative estimate of drug-likeness (QED) is 0.250. The van der Waals surface area contributed by atoms with Crippen molar-refractivity contribution in [3.05, 3.63) is 62.0 Å². The summed E-state index contributed by atoms with van der Waals surface area (Å²) in [5.74, 6) is 0.177. The SMILES string of the molecule is CCCCC(C)OC(C)c1c2[nH]c(c1C)C=C1N=C(C3CC(=O)c4c3[nH]c(c4C)CC3=NC(=C(C)C3CC)C2)[C@@H](CCC(=O)OC)C1C. The number of Topliss-reactive ketones (excluding diaryl/α,β-unsaturated/α-hetero) is 1. The van der Waals surface area contributed by atoms with E-state index in [0.29, 0.717) is 32.1 Å². The zero-order valence-corrected chi connectivity index (χ0v) is 30.4. The molecule has 4 aliphatic rings. The molecule has 0 saturated heterocycles. The van der Waals surface area contributed by atoms with Gasteiger partial charge in [-0.3, -0.25) is 19.6 Å². The van der Waals surface area contributed by atoms with Gasteiger partial charge >= 0.3 is 5.97 Å². The van der Waals surface area contributed by atoms with Crippen LogP contribution in [0.2, 0.25) is 0 Å². The second kappa shape index (κ2) is 13.8. The Balaban J connectivity index is 1.51. The van der Waals surface area contributed by atoms with Crippen LogP contribution >= 0.6 is 0 Å². The van der Waals surface area contributed by atoms with Gasteiger partial charge in [-0.15, -0.1) is 0 Å². The lowest BCUT2D eigenvalue weighted by Crippen LogP contribution is -2.23. The molecule has 2 aromatic heterocycles. The van der Waals surface area contributed by atoms with Crippen molar-refractivity contribution in [2.45, 2.75) is 131 Å². The summed E-state index contributed by atoms with van der Waals surface area (Å²) in [6, 6.07) is 0. The van der Waals surface area contributed by atoms with Crippen molar-refractivity contribution in [3.63, 3.8) is 0 Å². The van der Waals surface area contributed by atoms with Crippen molar-refractivity contribution < 1.29 is 19.1 Å². The Bertz CT molecular complexity index is 1730. The molecule has 8 bridgehead atoms. The van der Waals surface area contributed by atoms with Gasteiger partial charge in [0.1, 0.15) is 0 Å². The summed E-state index contributed by atoms with van der Waals surface area (Å²) < 4.78 is 11.7. The van der Waals surface area contributed by atoms with Crippen molar-refractivity contribution in [2.75, 3.05) is 7.11 Å². The normalized spacial score (nSPS) is 24.5. The molecule has 5 heterocycles. The minimum atomic E-state index is -0.221. The summed E-state index contributed by atoms with van der Waals surface area (Å²) in [7, 11) is 1.44. The minimum Gasteiger partial charge on any atom is -0.469 e. The lowest BCUT2D eigenvalue weighted by Gasteiger charge is -2.21. The molecule has 0 aromatic carbocycles. The van der Waals surface area contributed by atoms with Crippen LogP contribution in [0.25, 0.3) is 6.08 Å². The molecule has 0 radical (unpaired) electrons. The molecule has 0 fully saturated rings. The number of aromatic nitrogens is 2. The van der Waals surface area contributed by atoms with Gasteiger partial charge in [0.25, 0.3) is 0 Å². The summed E-state index contributed by atoms with van der Waals surface area (Å²) in [5, 5.41) is 0. The van der Waals surface area contributed by atoms with Crippen LogP contribution in [0, 0.1) is 31.6 Å². The van der Waals surface area contributed by atoms with Crippen LogP contribution in [-0.4, -0.2) is 46.4 Å². The van der Waals surface area contributed by atoms with Gasteiger partial charge in [-0.05, 0) is 76.7 Å². The number of carbonyl (C=O) groups is 2. The van der Waals surface area contributed by atoms with E-state index in [1.807, 2.05) is 0 Å². The molecule has 0 saturated carbocycles. The molecule has 48 heavy (non-hydrogen) atoms. The number of hydrogen-bond acceptors (Lipinski definition) is 6. The zero-order valence-electron chi connectivity index (χ0n) is 30.4. The average molecular weight is 655 g/mol. The fourth-order valence-corrected chi connectivity index (χ4v) is 8.86. The largest absolute Gasteiger partial charge is 0.469 e. The van der Waals surface area contributed by atoms with Gasteiger partial charge < -0.3 is 19.4 Å². The third-order valence-corrected chi connectivity index (χ3v) is 11.6. The molecule has 2 aromatic rings. The number of aromatic amines is 2. The van der Waals surface area contributed by atoms with Crippen LogP contribution < -0.4 is 0 Å². The van der Waals surface area contributed by atoms with E-state index >= 15 is 0 Å². The van der Waals surface area contributed by atoms with Crippen molar-refractivity contribution in [3.8, 4) is 0 Å². The topological polar surface area (TPSA) is 109 Å². The van der Waals surface area contributed by atoms with Crippen LogP contribution in [0.3, 0.4) is 0 Å². The number of methoxy groups -OCH3 is 1. The highest BCUT2D eigenvalue weighted by atomic mass is 16.5. The van der Waals surface area contributed by atoms with Gasteiger partial charge in [0.2, 0.25) is 0 Å². The highest BCUT2D eigenvalue weighted by molar-refractivity contribution is 6.11. The monoisotopic (exact) mass is 654 g/mol. The van der Waals surface area contributed by atoms with Crippen LogP contribution in [0.15, 0.2) is 27.0 Å². The molecule has 8 nitrogen and oxygen atoms in total. The number of H-pyrrole nitrogens is 2. The average Bonchev–Trinajstić information content (AvgIpc) is 3.81. The number of aliphatic imine (C=N–C) groups is 2. The molecule has 6 atom stereocenters. The fraction of sp³-hybridized carbons (Fsp3) is 0.600. The number of nitrogens with one attached hydrogen (secondary N) is 2.